The van der Waals surface area contributed by atoms with Crippen LogP contribution in [0.4, 0.5) is 0 Å². The van der Waals surface area contributed by atoms with Gasteiger partial charge in [0.1, 0.15) is 5.60 Å². The lowest BCUT2D eigenvalue weighted by molar-refractivity contribution is 0.00320. The van der Waals surface area contributed by atoms with Crippen LogP contribution in [0.3, 0.4) is 0 Å². The van der Waals surface area contributed by atoms with Gasteiger partial charge in [-0.25, -0.2) is 0 Å². The fourth-order valence-electron chi connectivity index (χ4n) is 1.51. The summed E-state index contributed by atoms with van der Waals surface area (Å²) in [6.45, 7) is 3.32. The lowest BCUT2D eigenvalue weighted by atomic mass is 10.1. The summed E-state index contributed by atoms with van der Waals surface area (Å²) >= 11 is 0. The number of aliphatic hydroxyl groups is 2. The van der Waals surface area contributed by atoms with Gasteiger partial charge in [0.15, 0.2) is 11.5 Å². The Morgan fingerprint density at radius 1 is 1.40 bits per heavy atom. The minimum atomic E-state index is -1.34. The Labute approximate surface area is 118 Å². The van der Waals surface area contributed by atoms with Gasteiger partial charge in [0, 0.05) is 12.1 Å². The normalized spacial score (nSPS) is 13.4. The van der Waals surface area contributed by atoms with Crippen LogP contribution in [0.1, 0.15) is 24.2 Å². The van der Waals surface area contributed by atoms with Crippen LogP contribution >= 0.6 is 0 Å². The second-order valence-corrected chi connectivity index (χ2v) is 4.64. The average Bonchev–Trinajstić information content (AvgIpc) is 2.45. The van der Waals surface area contributed by atoms with Crippen LogP contribution in [0, 0.1) is 0 Å². The first-order valence-corrected chi connectivity index (χ1v) is 6.35. The Kier molecular flexibility index (Phi) is 5.79. The number of carbonyl (C=O) groups is 1. The van der Waals surface area contributed by atoms with E-state index < -0.39 is 12.2 Å². The highest BCUT2D eigenvalue weighted by Crippen LogP contribution is 2.27. The molecule has 0 aromatic heterocycles. The number of hydrogen-bond donors (Lipinski definition) is 3. The van der Waals surface area contributed by atoms with Crippen molar-refractivity contribution in [2.24, 2.45) is 0 Å². The van der Waals surface area contributed by atoms with E-state index in [9.17, 15) is 9.90 Å². The van der Waals surface area contributed by atoms with Crippen molar-refractivity contribution < 1.29 is 24.5 Å². The average molecular weight is 283 g/mol. The van der Waals surface area contributed by atoms with Crippen molar-refractivity contribution in [3.05, 3.63) is 23.8 Å². The molecular formula is C14H21NO5. The number of nitrogens with one attached hydrogen (secondary N) is 1. The van der Waals surface area contributed by atoms with Gasteiger partial charge in [-0.15, -0.1) is 0 Å². The van der Waals surface area contributed by atoms with Gasteiger partial charge in [-0.2, -0.15) is 0 Å². The van der Waals surface area contributed by atoms with Gasteiger partial charge in [-0.05, 0) is 32.0 Å². The quantitative estimate of drug-likeness (QED) is 0.681. The van der Waals surface area contributed by atoms with Crippen LogP contribution in [-0.4, -0.2) is 48.6 Å². The third kappa shape index (κ3) is 4.40. The summed E-state index contributed by atoms with van der Waals surface area (Å²) in [4.78, 5) is 11.9. The Balaban J connectivity index is 2.78. The van der Waals surface area contributed by atoms with Gasteiger partial charge in [0.2, 0.25) is 0 Å². The largest absolute Gasteiger partial charge is 0.493 e. The van der Waals surface area contributed by atoms with Gasteiger partial charge in [0.25, 0.3) is 5.91 Å². The number of carbonyl (C=O) groups excluding carboxylic acids is 1. The first-order valence-electron chi connectivity index (χ1n) is 6.35. The number of methoxy groups -OCH3 is 1. The van der Waals surface area contributed by atoms with E-state index in [-0.39, 0.29) is 12.5 Å². The highest BCUT2D eigenvalue weighted by molar-refractivity contribution is 5.94. The van der Waals surface area contributed by atoms with Gasteiger partial charge in [-0.3, -0.25) is 4.79 Å². The summed E-state index contributed by atoms with van der Waals surface area (Å²) in [6.07, 6.45) is 0. The molecule has 6 heteroatoms. The van der Waals surface area contributed by atoms with Crippen molar-refractivity contribution in [2.75, 3.05) is 26.9 Å². The van der Waals surface area contributed by atoms with Crippen LogP contribution in [0.2, 0.25) is 0 Å². The number of rotatable bonds is 7. The first kappa shape index (κ1) is 16.3. The van der Waals surface area contributed by atoms with E-state index in [1.54, 1.807) is 18.2 Å². The topological polar surface area (TPSA) is 88.0 Å². The molecular weight excluding hydrogens is 262 g/mol. The van der Waals surface area contributed by atoms with Crippen molar-refractivity contribution >= 4 is 5.91 Å². The van der Waals surface area contributed by atoms with E-state index in [1.807, 2.05) is 6.92 Å². The summed E-state index contributed by atoms with van der Waals surface area (Å²) < 4.78 is 10.5. The minimum absolute atomic E-state index is 0.0438. The Bertz CT molecular complexity index is 459. The predicted molar refractivity (Wildman–Crippen MR) is 74.2 cm³/mol. The number of benzene rings is 1. The van der Waals surface area contributed by atoms with E-state index in [0.717, 1.165) is 0 Å². The van der Waals surface area contributed by atoms with Gasteiger partial charge in [-0.1, -0.05) is 0 Å². The molecule has 112 valence electrons. The minimum Gasteiger partial charge on any atom is -0.493 e. The van der Waals surface area contributed by atoms with Crippen LogP contribution in [0.5, 0.6) is 11.5 Å². The lowest BCUT2D eigenvalue weighted by Gasteiger charge is -2.20. The van der Waals surface area contributed by atoms with E-state index in [1.165, 1.54) is 14.0 Å². The molecule has 0 fully saturated rings. The first-order chi connectivity index (χ1) is 9.43. The van der Waals surface area contributed by atoms with Crippen LogP contribution in [0.25, 0.3) is 0 Å². The number of hydrogen-bond acceptors (Lipinski definition) is 5. The molecule has 1 atom stereocenters. The SMILES string of the molecule is CCOc1ccc(C(=O)NCC(C)(O)CO)cc1OC. The molecule has 20 heavy (non-hydrogen) atoms. The van der Waals surface area contributed by atoms with Crippen molar-refractivity contribution in [3.63, 3.8) is 0 Å². The van der Waals surface area contributed by atoms with Crippen molar-refractivity contribution in [3.8, 4) is 11.5 Å². The molecule has 1 rings (SSSR count). The third-order valence-electron chi connectivity index (χ3n) is 2.70. The monoisotopic (exact) mass is 283 g/mol. The molecule has 0 aliphatic rings. The molecule has 1 unspecified atom stereocenters. The Morgan fingerprint density at radius 3 is 2.65 bits per heavy atom. The molecule has 1 aromatic carbocycles. The van der Waals surface area contributed by atoms with E-state index in [2.05, 4.69) is 5.32 Å². The van der Waals surface area contributed by atoms with E-state index in [0.29, 0.717) is 23.7 Å². The molecule has 0 aliphatic heterocycles. The molecule has 0 saturated carbocycles. The zero-order valence-corrected chi connectivity index (χ0v) is 12.0. The maximum atomic E-state index is 11.9. The number of aliphatic hydroxyl groups excluding tert-OH is 1. The number of ether oxygens (including phenoxy) is 2. The lowest BCUT2D eigenvalue weighted by Crippen LogP contribution is -2.43. The van der Waals surface area contributed by atoms with Crippen LogP contribution in [0.15, 0.2) is 18.2 Å². The van der Waals surface area contributed by atoms with E-state index in [4.69, 9.17) is 14.6 Å². The van der Waals surface area contributed by atoms with Crippen molar-refractivity contribution in [1.82, 2.24) is 5.32 Å². The fourth-order valence-corrected chi connectivity index (χ4v) is 1.51. The summed E-state index contributed by atoms with van der Waals surface area (Å²) in [5, 5.41) is 21.1. The molecule has 0 saturated heterocycles. The highest BCUT2D eigenvalue weighted by atomic mass is 16.5. The predicted octanol–water partition coefficient (Wildman–Crippen LogP) is 0.567. The summed E-state index contributed by atoms with van der Waals surface area (Å²) in [6, 6.07) is 4.83. The molecule has 0 heterocycles. The second-order valence-electron chi connectivity index (χ2n) is 4.64. The standard InChI is InChI=1S/C14H21NO5/c1-4-20-11-6-5-10(7-12(11)19-3)13(17)15-8-14(2,18)9-16/h5-7,16,18H,4,8-9H2,1-3H3,(H,15,17). The zero-order chi connectivity index (χ0) is 15.2. The second kappa shape index (κ2) is 7.12. The number of amides is 1. The zero-order valence-electron chi connectivity index (χ0n) is 12.0. The summed E-state index contributed by atoms with van der Waals surface area (Å²) in [7, 11) is 1.50. The highest BCUT2D eigenvalue weighted by Gasteiger charge is 2.20. The molecule has 0 radical (unpaired) electrons. The third-order valence-corrected chi connectivity index (χ3v) is 2.70. The molecule has 6 nitrogen and oxygen atoms in total. The van der Waals surface area contributed by atoms with Gasteiger partial charge in [0.05, 0.1) is 20.3 Å². The molecule has 0 bridgehead atoms. The van der Waals surface area contributed by atoms with Crippen LogP contribution in [-0.2, 0) is 0 Å². The van der Waals surface area contributed by atoms with Crippen molar-refractivity contribution in [2.45, 2.75) is 19.4 Å². The maximum absolute atomic E-state index is 11.9. The smallest absolute Gasteiger partial charge is 0.251 e. The molecule has 1 amide bonds. The van der Waals surface area contributed by atoms with E-state index >= 15 is 0 Å². The molecule has 0 aliphatic carbocycles. The maximum Gasteiger partial charge on any atom is 0.251 e. The van der Waals surface area contributed by atoms with Gasteiger partial charge >= 0.3 is 0 Å². The van der Waals surface area contributed by atoms with Crippen molar-refractivity contribution in [1.29, 1.82) is 0 Å². The van der Waals surface area contributed by atoms with Gasteiger partial charge < -0.3 is 25.0 Å². The van der Waals surface area contributed by atoms with Crippen LogP contribution < -0.4 is 14.8 Å². The summed E-state index contributed by atoms with van der Waals surface area (Å²) in [5.41, 5.74) is -0.954. The fraction of sp³-hybridized carbons (Fsp3) is 0.500. The Hall–Kier alpha value is -1.79. The summed E-state index contributed by atoms with van der Waals surface area (Å²) in [5.74, 6) is 0.669. The molecule has 3 N–H and O–H groups in total. The molecule has 1 aromatic rings. The Morgan fingerprint density at radius 2 is 2.10 bits per heavy atom. The molecule has 0 spiro atoms.